The number of rotatable bonds is 1. The summed E-state index contributed by atoms with van der Waals surface area (Å²) in [6, 6.07) is 12.1. The third kappa shape index (κ3) is 3.25. The van der Waals surface area contributed by atoms with Crippen LogP contribution in [0.4, 0.5) is 0 Å². The van der Waals surface area contributed by atoms with Crippen LogP contribution >= 0.6 is 11.3 Å². The zero-order valence-corrected chi connectivity index (χ0v) is 19.3. The Morgan fingerprint density at radius 3 is 2.35 bits per heavy atom. The van der Waals surface area contributed by atoms with Gasteiger partial charge in [-0.3, -0.25) is 5.41 Å². The van der Waals surface area contributed by atoms with Crippen molar-refractivity contribution in [3.8, 4) is 11.8 Å². The molecule has 31 heavy (non-hydrogen) atoms. The number of sulfone groups is 1. The minimum Gasteiger partial charge on any atom is -0.378 e. The fraction of sp³-hybridized carbons (Fsp3) is 0.375. The molecule has 1 aliphatic heterocycles. The Kier molecular flexibility index (Phi) is 4.18. The lowest BCUT2D eigenvalue weighted by Gasteiger charge is -2.43. The van der Waals surface area contributed by atoms with E-state index in [1.807, 2.05) is 43.3 Å². The number of aliphatic hydroxyl groups is 1. The Labute approximate surface area is 185 Å². The molecule has 5 rings (SSSR count). The quantitative estimate of drug-likeness (QED) is 0.488. The molecule has 0 amide bonds. The van der Waals surface area contributed by atoms with Gasteiger partial charge in [0.15, 0.2) is 9.84 Å². The van der Waals surface area contributed by atoms with Gasteiger partial charge in [0.1, 0.15) is 16.2 Å². The number of hydrogen-bond donors (Lipinski definition) is 3. The Hall–Kier alpha value is -2.40. The highest BCUT2D eigenvalue weighted by atomic mass is 32.2. The van der Waals surface area contributed by atoms with E-state index in [-0.39, 0.29) is 11.6 Å². The second-order valence-corrected chi connectivity index (χ2v) is 13.0. The summed E-state index contributed by atoms with van der Waals surface area (Å²) < 4.78 is 26.9. The van der Waals surface area contributed by atoms with Crippen molar-refractivity contribution in [3.63, 3.8) is 0 Å². The molecule has 160 valence electrons. The van der Waals surface area contributed by atoms with Crippen LogP contribution in [0.5, 0.6) is 0 Å². The number of benzene rings is 2. The molecular weight excluding hydrogens is 428 g/mol. The highest BCUT2D eigenvalue weighted by molar-refractivity contribution is 7.93. The number of fused-ring (bicyclic) bond motifs is 3. The number of amidine groups is 1. The summed E-state index contributed by atoms with van der Waals surface area (Å²) in [7, 11) is -3.50. The van der Waals surface area contributed by atoms with Gasteiger partial charge in [0.05, 0.1) is 11.3 Å². The third-order valence-corrected chi connectivity index (χ3v) is 10.4. The zero-order valence-electron chi connectivity index (χ0n) is 17.7. The maximum absolute atomic E-state index is 12.9. The molecule has 2 aromatic carbocycles. The van der Waals surface area contributed by atoms with Gasteiger partial charge >= 0.3 is 0 Å². The maximum Gasteiger partial charge on any atom is 0.165 e. The summed E-state index contributed by atoms with van der Waals surface area (Å²) in [5, 5.41) is 23.6. The highest BCUT2D eigenvalue weighted by Crippen LogP contribution is 2.39. The van der Waals surface area contributed by atoms with Crippen LogP contribution < -0.4 is 5.32 Å². The summed E-state index contributed by atoms with van der Waals surface area (Å²) in [6.45, 7) is 5.00. The van der Waals surface area contributed by atoms with E-state index in [1.54, 1.807) is 25.2 Å². The van der Waals surface area contributed by atoms with E-state index in [0.717, 1.165) is 44.1 Å². The van der Waals surface area contributed by atoms with Crippen molar-refractivity contribution in [2.45, 2.75) is 49.5 Å². The molecule has 3 aromatic rings. The minimum atomic E-state index is -3.50. The molecular formula is C24H24N2O3S2. The summed E-state index contributed by atoms with van der Waals surface area (Å²) in [5.74, 6) is 5.99. The van der Waals surface area contributed by atoms with Crippen molar-refractivity contribution in [2.24, 2.45) is 0 Å². The molecule has 2 heterocycles. The van der Waals surface area contributed by atoms with E-state index in [2.05, 4.69) is 17.2 Å². The van der Waals surface area contributed by atoms with Crippen molar-refractivity contribution in [1.29, 1.82) is 5.41 Å². The van der Waals surface area contributed by atoms with Crippen LogP contribution in [0.25, 0.3) is 20.2 Å². The molecule has 1 atom stereocenters. The van der Waals surface area contributed by atoms with Crippen molar-refractivity contribution >= 4 is 47.2 Å². The number of thiophene rings is 1. The van der Waals surface area contributed by atoms with E-state index in [1.165, 1.54) is 0 Å². The number of hydrogen-bond acceptors (Lipinski definition) is 5. The summed E-state index contributed by atoms with van der Waals surface area (Å²) in [6.07, 6.45) is 1.46. The Morgan fingerprint density at radius 2 is 1.71 bits per heavy atom. The Balaban J connectivity index is 1.61. The van der Waals surface area contributed by atoms with Crippen LogP contribution in [-0.4, -0.2) is 35.5 Å². The van der Waals surface area contributed by atoms with Crippen LogP contribution in [0, 0.1) is 17.3 Å². The summed E-state index contributed by atoms with van der Waals surface area (Å²) in [4.78, 5) is 0. The fourth-order valence-electron chi connectivity index (χ4n) is 3.96. The molecule has 1 saturated heterocycles. The topological polar surface area (TPSA) is 90.2 Å². The first-order valence-electron chi connectivity index (χ1n) is 10.2. The van der Waals surface area contributed by atoms with Gasteiger partial charge in [0.25, 0.3) is 0 Å². The van der Waals surface area contributed by atoms with E-state index in [9.17, 15) is 13.5 Å². The lowest BCUT2D eigenvalue weighted by Crippen LogP contribution is -2.63. The zero-order chi connectivity index (χ0) is 22.2. The van der Waals surface area contributed by atoms with Gasteiger partial charge in [-0.1, -0.05) is 17.9 Å². The van der Waals surface area contributed by atoms with Crippen LogP contribution in [0.15, 0.2) is 36.4 Å². The van der Waals surface area contributed by atoms with Gasteiger partial charge in [-0.25, -0.2) is 8.42 Å². The predicted octanol–water partition coefficient (Wildman–Crippen LogP) is 3.92. The average molecular weight is 453 g/mol. The normalized spacial score (nSPS) is 25.6. The highest BCUT2D eigenvalue weighted by Gasteiger charge is 2.50. The van der Waals surface area contributed by atoms with Gasteiger partial charge in [-0.15, -0.1) is 11.3 Å². The number of nitrogens with one attached hydrogen (secondary N) is 2. The van der Waals surface area contributed by atoms with E-state index in [4.69, 9.17) is 5.41 Å². The molecule has 0 unspecified atom stereocenters. The van der Waals surface area contributed by atoms with E-state index in [0.29, 0.717) is 0 Å². The van der Waals surface area contributed by atoms with E-state index < -0.39 is 25.7 Å². The Morgan fingerprint density at radius 1 is 1.06 bits per heavy atom. The van der Waals surface area contributed by atoms with Gasteiger partial charge < -0.3 is 10.4 Å². The molecule has 0 spiro atoms. The molecule has 2 aliphatic rings. The van der Waals surface area contributed by atoms with Crippen LogP contribution in [0.2, 0.25) is 0 Å². The van der Waals surface area contributed by atoms with Gasteiger partial charge in [0.2, 0.25) is 0 Å². The van der Waals surface area contributed by atoms with Gasteiger partial charge in [-0.2, -0.15) is 0 Å². The lowest BCUT2D eigenvalue weighted by molar-refractivity contribution is 0.212. The van der Waals surface area contributed by atoms with Gasteiger partial charge in [-0.05, 0) is 69.5 Å². The average Bonchev–Trinajstić information content (AvgIpc) is 3.32. The largest absolute Gasteiger partial charge is 0.378 e. The molecule has 0 radical (unpaired) electrons. The molecule has 1 aromatic heterocycles. The first-order valence-corrected chi connectivity index (χ1v) is 12.7. The molecule has 2 fully saturated rings. The van der Waals surface area contributed by atoms with Crippen molar-refractivity contribution in [3.05, 3.63) is 47.5 Å². The molecule has 5 nitrogen and oxygen atoms in total. The summed E-state index contributed by atoms with van der Waals surface area (Å²) >= 11 is 1.68. The Bertz CT molecular complexity index is 1440. The lowest BCUT2D eigenvalue weighted by atomic mass is 9.91. The van der Waals surface area contributed by atoms with Gasteiger partial charge in [0, 0.05) is 25.7 Å². The maximum atomic E-state index is 12.9. The smallest absolute Gasteiger partial charge is 0.165 e. The second kappa shape index (κ2) is 6.32. The second-order valence-electron chi connectivity index (χ2n) is 9.41. The van der Waals surface area contributed by atoms with Crippen molar-refractivity contribution in [1.82, 2.24) is 5.32 Å². The first kappa shape index (κ1) is 20.5. The SMILES string of the molecule is CC1(C)C(=N)N[C@](C)(c2ccc3sc4ccc(C#CC5(O)CC5)cc4c3c2)CS1(=O)=O. The molecule has 0 bridgehead atoms. The summed E-state index contributed by atoms with van der Waals surface area (Å²) in [5.41, 5.74) is 0.00279. The van der Waals surface area contributed by atoms with Crippen molar-refractivity contribution < 1.29 is 13.5 Å². The molecule has 7 heteroatoms. The van der Waals surface area contributed by atoms with Crippen LogP contribution in [-0.2, 0) is 15.4 Å². The standard InChI is InChI=1S/C24H24N2O3S2/c1-22(2)21(25)26-23(3,14-31(22,28)29)16-5-7-20-18(13-16)17-12-15(4-6-19(17)30-20)8-9-24(27)10-11-24/h4-7,12-13,27H,10-11,14H2,1-3H3,(H2,25,26)/t23-/m0/s1. The third-order valence-electron chi connectivity index (χ3n) is 6.53. The fourth-order valence-corrected chi connectivity index (χ4v) is 6.75. The predicted molar refractivity (Wildman–Crippen MR) is 126 cm³/mol. The molecule has 1 aliphatic carbocycles. The van der Waals surface area contributed by atoms with Crippen LogP contribution in [0.3, 0.4) is 0 Å². The molecule has 3 N–H and O–H groups in total. The van der Waals surface area contributed by atoms with Crippen molar-refractivity contribution in [2.75, 3.05) is 5.75 Å². The first-order chi connectivity index (χ1) is 14.4. The minimum absolute atomic E-state index is 0.0205. The van der Waals surface area contributed by atoms with E-state index >= 15 is 0 Å². The monoisotopic (exact) mass is 452 g/mol. The molecule has 1 saturated carbocycles. The van der Waals surface area contributed by atoms with Crippen LogP contribution in [0.1, 0.15) is 44.7 Å².